The van der Waals surface area contributed by atoms with E-state index >= 15 is 0 Å². The number of nitrogens with zero attached hydrogens (tertiary/aromatic N) is 1. The van der Waals surface area contributed by atoms with Crippen LogP contribution < -0.4 is 9.62 Å². The highest BCUT2D eigenvalue weighted by Gasteiger charge is 2.37. The van der Waals surface area contributed by atoms with Crippen LogP contribution in [-0.4, -0.2) is 26.4 Å². The average molecular weight is 362 g/mol. The van der Waals surface area contributed by atoms with E-state index in [9.17, 15) is 13.2 Å². The fraction of sp³-hybridized carbons (Fsp3) is 0.632. The summed E-state index contributed by atoms with van der Waals surface area (Å²) in [6, 6.07) is 5.39. The van der Waals surface area contributed by atoms with Gasteiger partial charge in [0.05, 0.1) is 4.90 Å². The second kappa shape index (κ2) is 6.40. The van der Waals surface area contributed by atoms with Crippen LogP contribution in [0.25, 0.3) is 0 Å². The molecule has 1 amide bonds. The Morgan fingerprint density at radius 1 is 1.12 bits per heavy atom. The Kier molecular flexibility index (Phi) is 4.36. The van der Waals surface area contributed by atoms with Crippen LogP contribution in [0.5, 0.6) is 0 Å². The van der Waals surface area contributed by atoms with Crippen molar-refractivity contribution in [1.82, 2.24) is 4.72 Å². The molecule has 1 heterocycles. The van der Waals surface area contributed by atoms with Crippen molar-refractivity contribution >= 4 is 21.6 Å². The van der Waals surface area contributed by atoms with Gasteiger partial charge in [-0.15, -0.1) is 0 Å². The van der Waals surface area contributed by atoms with Gasteiger partial charge in [0.1, 0.15) is 0 Å². The average Bonchev–Trinajstić information content (AvgIpc) is 3.10. The van der Waals surface area contributed by atoms with Gasteiger partial charge in [-0.2, -0.15) is 0 Å². The predicted molar refractivity (Wildman–Crippen MR) is 97.0 cm³/mol. The molecule has 0 bridgehead atoms. The molecular formula is C19H26N2O3S. The van der Waals surface area contributed by atoms with Crippen LogP contribution in [0.2, 0.25) is 0 Å². The van der Waals surface area contributed by atoms with Gasteiger partial charge in [-0.25, -0.2) is 13.1 Å². The van der Waals surface area contributed by atoms with E-state index in [2.05, 4.69) is 4.72 Å². The van der Waals surface area contributed by atoms with Gasteiger partial charge in [-0.05, 0) is 62.8 Å². The molecule has 2 saturated carbocycles. The zero-order valence-corrected chi connectivity index (χ0v) is 15.5. The summed E-state index contributed by atoms with van der Waals surface area (Å²) < 4.78 is 28.1. The van der Waals surface area contributed by atoms with Gasteiger partial charge in [0, 0.05) is 23.7 Å². The molecule has 0 saturated heterocycles. The van der Waals surface area contributed by atoms with Crippen molar-refractivity contribution in [3.05, 3.63) is 23.8 Å². The minimum Gasteiger partial charge on any atom is -0.309 e. The third kappa shape index (κ3) is 3.10. The summed E-state index contributed by atoms with van der Waals surface area (Å²) in [5, 5.41) is 0. The summed E-state index contributed by atoms with van der Waals surface area (Å²) in [7, 11) is -3.48. The van der Waals surface area contributed by atoms with E-state index in [1.807, 2.05) is 17.9 Å². The number of carbonyl (C=O) groups excluding carboxylic acids is 1. The maximum atomic E-state index is 12.7. The lowest BCUT2D eigenvalue weighted by Gasteiger charge is -2.32. The quantitative estimate of drug-likeness (QED) is 0.895. The second-order valence-electron chi connectivity index (χ2n) is 7.78. The van der Waals surface area contributed by atoms with Gasteiger partial charge in [-0.1, -0.05) is 19.3 Å². The van der Waals surface area contributed by atoms with Crippen molar-refractivity contribution in [3.8, 4) is 0 Å². The SMILES string of the molecule is C[C@@H]1Cc2cc(S(=O)(=O)NC3CCCC3)ccc2N1C(=O)C1CCC1. The van der Waals surface area contributed by atoms with E-state index < -0.39 is 10.0 Å². The Morgan fingerprint density at radius 2 is 1.84 bits per heavy atom. The first kappa shape index (κ1) is 17.0. The van der Waals surface area contributed by atoms with E-state index in [1.165, 1.54) is 0 Å². The Bertz CT molecular complexity index is 780. The molecular weight excluding hydrogens is 336 g/mol. The zero-order valence-electron chi connectivity index (χ0n) is 14.7. The highest BCUT2D eigenvalue weighted by atomic mass is 32.2. The van der Waals surface area contributed by atoms with Crippen molar-refractivity contribution in [2.75, 3.05) is 4.90 Å². The molecule has 1 N–H and O–H groups in total. The molecule has 1 aliphatic heterocycles. The number of rotatable bonds is 4. The van der Waals surface area contributed by atoms with Gasteiger partial charge < -0.3 is 4.90 Å². The number of amides is 1. The molecule has 136 valence electrons. The number of benzene rings is 1. The summed E-state index contributed by atoms with van der Waals surface area (Å²) >= 11 is 0. The van der Waals surface area contributed by atoms with Crippen LogP contribution >= 0.6 is 0 Å². The number of anilines is 1. The van der Waals surface area contributed by atoms with Crippen molar-refractivity contribution in [2.45, 2.75) is 75.3 Å². The van der Waals surface area contributed by atoms with Gasteiger partial charge in [-0.3, -0.25) is 4.79 Å². The van der Waals surface area contributed by atoms with Crippen LogP contribution in [0, 0.1) is 5.92 Å². The van der Waals surface area contributed by atoms with E-state index in [-0.39, 0.29) is 23.9 Å². The molecule has 3 aliphatic rings. The van der Waals surface area contributed by atoms with Gasteiger partial charge >= 0.3 is 0 Å². The zero-order chi connectivity index (χ0) is 17.6. The van der Waals surface area contributed by atoms with Crippen molar-refractivity contribution in [2.24, 2.45) is 5.92 Å². The highest BCUT2D eigenvalue weighted by Crippen LogP contribution is 2.38. The van der Waals surface area contributed by atoms with Gasteiger partial charge in [0.15, 0.2) is 0 Å². The Labute approximate surface area is 149 Å². The molecule has 2 aliphatic carbocycles. The molecule has 0 aromatic heterocycles. The Hall–Kier alpha value is -1.40. The van der Waals surface area contributed by atoms with Crippen LogP contribution in [0.3, 0.4) is 0 Å². The molecule has 25 heavy (non-hydrogen) atoms. The molecule has 5 nitrogen and oxygen atoms in total. The molecule has 2 fully saturated rings. The van der Waals surface area contributed by atoms with Crippen LogP contribution in [0.4, 0.5) is 5.69 Å². The fourth-order valence-corrected chi connectivity index (χ4v) is 5.65. The molecule has 0 unspecified atom stereocenters. The number of nitrogens with one attached hydrogen (secondary N) is 1. The first-order valence-electron chi connectivity index (χ1n) is 9.44. The van der Waals surface area contributed by atoms with Crippen LogP contribution in [-0.2, 0) is 21.2 Å². The van der Waals surface area contributed by atoms with E-state index in [4.69, 9.17) is 0 Å². The topological polar surface area (TPSA) is 66.5 Å². The monoisotopic (exact) mass is 362 g/mol. The second-order valence-corrected chi connectivity index (χ2v) is 9.50. The molecule has 4 rings (SSSR count). The lowest BCUT2D eigenvalue weighted by atomic mass is 9.84. The largest absolute Gasteiger partial charge is 0.309 e. The maximum absolute atomic E-state index is 12.7. The third-order valence-electron chi connectivity index (χ3n) is 5.95. The summed E-state index contributed by atoms with van der Waals surface area (Å²) in [6.07, 6.45) is 7.84. The molecule has 1 aromatic rings. The first-order valence-corrected chi connectivity index (χ1v) is 10.9. The number of sulfonamides is 1. The van der Waals surface area contributed by atoms with Gasteiger partial charge in [0.25, 0.3) is 0 Å². The molecule has 0 radical (unpaired) electrons. The Balaban J connectivity index is 1.58. The minimum atomic E-state index is -3.48. The number of fused-ring (bicyclic) bond motifs is 1. The van der Waals surface area contributed by atoms with E-state index in [1.54, 1.807) is 12.1 Å². The summed E-state index contributed by atoms with van der Waals surface area (Å²) in [5.74, 6) is 0.359. The normalized spacial score (nSPS) is 24.4. The lowest BCUT2D eigenvalue weighted by molar-refractivity contribution is -0.125. The highest BCUT2D eigenvalue weighted by molar-refractivity contribution is 7.89. The molecule has 1 atom stereocenters. The standard InChI is InChI=1S/C19H26N2O3S/c1-13-11-15-12-17(25(23,24)20-16-7-2-3-8-16)9-10-18(15)21(13)19(22)14-5-4-6-14/h9-10,12-14,16,20H,2-8,11H2,1H3/t13-/m1/s1. The lowest BCUT2D eigenvalue weighted by Crippen LogP contribution is -2.42. The number of carbonyl (C=O) groups is 1. The van der Waals surface area contributed by atoms with E-state index in [0.29, 0.717) is 4.90 Å². The molecule has 1 aromatic carbocycles. The molecule has 0 spiro atoms. The van der Waals surface area contributed by atoms with Crippen molar-refractivity contribution in [3.63, 3.8) is 0 Å². The Morgan fingerprint density at radius 3 is 2.48 bits per heavy atom. The summed E-state index contributed by atoms with van der Waals surface area (Å²) in [5.41, 5.74) is 1.86. The maximum Gasteiger partial charge on any atom is 0.240 e. The smallest absolute Gasteiger partial charge is 0.240 e. The van der Waals surface area contributed by atoms with Crippen molar-refractivity contribution < 1.29 is 13.2 Å². The first-order chi connectivity index (χ1) is 12.0. The van der Waals surface area contributed by atoms with Gasteiger partial charge in [0.2, 0.25) is 15.9 Å². The fourth-order valence-electron chi connectivity index (χ4n) is 4.29. The summed E-state index contributed by atoms with van der Waals surface area (Å²) in [6.45, 7) is 2.04. The number of hydrogen-bond acceptors (Lipinski definition) is 3. The summed E-state index contributed by atoms with van der Waals surface area (Å²) in [4.78, 5) is 14.9. The predicted octanol–water partition coefficient (Wildman–Crippen LogP) is 2.99. The van der Waals surface area contributed by atoms with Crippen LogP contribution in [0.15, 0.2) is 23.1 Å². The van der Waals surface area contributed by atoms with E-state index in [0.717, 1.165) is 62.6 Å². The third-order valence-corrected chi connectivity index (χ3v) is 7.46. The molecule has 6 heteroatoms. The minimum absolute atomic E-state index is 0.0638. The van der Waals surface area contributed by atoms with Crippen LogP contribution in [0.1, 0.15) is 57.4 Å². The van der Waals surface area contributed by atoms with Crippen molar-refractivity contribution in [1.29, 1.82) is 0 Å². The number of hydrogen-bond donors (Lipinski definition) is 1.